The average molecular weight is 324 g/mol. The van der Waals surface area contributed by atoms with Crippen molar-refractivity contribution in [2.45, 2.75) is 20.1 Å². The summed E-state index contributed by atoms with van der Waals surface area (Å²) in [6, 6.07) is 0. The minimum absolute atomic E-state index is 0.000645. The molecule has 2 aromatic rings. The first-order valence-electron chi connectivity index (χ1n) is 7.08. The van der Waals surface area contributed by atoms with E-state index in [0.29, 0.717) is 11.2 Å². The largest absolute Gasteiger partial charge is 0.463 e. The number of aliphatic hydroxyl groups is 1. The second-order valence-electron chi connectivity index (χ2n) is 5.12. The number of carbonyl (C=O) groups excluding carboxylic acids is 1. The second-order valence-corrected chi connectivity index (χ2v) is 5.12. The Morgan fingerprint density at radius 3 is 2.74 bits per heavy atom. The molecule has 0 aromatic carbocycles. The summed E-state index contributed by atoms with van der Waals surface area (Å²) >= 11 is 0. The summed E-state index contributed by atoms with van der Waals surface area (Å²) in [7, 11) is 0. The molecule has 126 valence electrons. The monoisotopic (exact) mass is 324 g/mol. The summed E-state index contributed by atoms with van der Waals surface area (Å²) in [5.41, 5.74) is 12.0. The standard InChI is InChI=1S/C13H20N6O4/c1-7(2)12(21)23-4-3-22-8(5-20)19-6-16-9-10(14)17-13(15)18-11(9)19/h6-8,20H,3-5H2,1-2H3,(H4,14,15,17,18)/t8-/m1/s1. The number of anilines is 2. The predicted octanol–water partition coefficient (Wildman–Crippen LogP) is -0.303. The van der Waals surface area contributed by atoms with Gasteiger partial charge >= 0.3 is 5.97 Å². The van der Waals surface area contributed by atoms with Crippen molar-refractivity contribution < 1.29 is 19.4 Å². The number of aliphatic hydroxyl groups excluding tert-OH is 1. The lowest BCUT2D eigenvalue weighted by Crippen LogP contribution is -2.21. The van der Waals surface area contributed by atoms with Gasteiger partial charge in [-0.2, -0.15) is 9.97 Å². The van der Waals surface area contributed by atoms with Gasteiger partial charge in [0.25, 0.3) is 0 Å². The number of nitrogens with zero attached hydrogens (tertiary/aromatic N) is 4. The topological polar surface area (TPSA) is 151 Å². The highest BCUT2D eigenvalue weighted by Gasteiger charge is 2.17. The lowest BCUT2D eigenvalue weighted by molar-refractivity contribution is -0.150. The maximum absolute atomic E-state index is 11.3. The molecule has 0 amide bonds. The van der Waals surface area contributed by atoms with E-state index in [1.165, 1.54) is 10.9 Å². The molecule has 5 N–H and O–H groups in total. The van der Waals surface area contributed by atoms with Crippen molar-refractivity contribution in [2.75, 3.05) is 31.3 Å². The third kappa shape index (κ3) is 3.85. The van der Waals surface area contributed by atoms with Crippen LogP contribution in [-0.4, -0.2) is 50.4 Å². The molecule has 0 saturated heterocycles. The normalized spacial score (nSPS) is 12.7. The molecule has 23 heavy (non-hydrogen) atoms. The molecule has 0 bridgehead atoms. The number of nitrogens with two attached hydrogens (primary N) is 2. The summed E-state index contributed by atoms with van der Waals surface area (Å²) in [6.07, 6.45) is 0.669. The maximum Gasteiger partial charge on any atom is 0.308 e. The Morgan fingerprint density at radius 1 is 1.35 bits per heavy atom. The van der Waals surface area contributed by atoms with Crippen LogP contribution in [0.1, 0.15) is 20.1 Å². The Hall–Kier alpha value is -2.46. The smallest absolute Gasteiger partial charge is 0.308 e. The molecule has 0 aliphatic heterocycles. The van der Waals surface area contributed by atoms with Gasteiger partial charge in [0.1, 0.15) is 12.1 Å². The summed E-state index contributed by atoms with van der Waals surface area (Å²) in [5.74, 6) is -0.368. The van der Waals surface area contributed by atoms with Gasteiger partial charge in [-0.3, -0.25) is 9.36 Å². The zero-order chi connectivity index (χ0) is 17.0. The Kier molecular flexibility index (Phi) is 5.29. The minimum atomic E-state index is -0.758. The first-order chi connectivity index (χ1) is 10.9. The third-order valence-electron chi connectivity index (χ3n) is 3.04. The average Bonchev–Trinajstić information content (AvgIpc) is 2.91. The summed E-state index contributed by atoms with van der Waals surface area (Å²) in [6.45, 7) is 3.35. The zero-order valence-electron chi connectivity index (χ0n) is 13.0. The molecule has 1 atom stereocenters. The van der Waals surface area contributed by atoms with Crippen molar-refractivity contribution in [3.8, 4) is 0 Å². The number of hydrogen-bond donors (Lipinski definition) is 3. The van der Waals surface area contributed by atoms with Crippen molar-refractivity contribution >= 4 is 28.9 Å². The molecule has 0 aliphatic carbocycles. The molecule has 2 rings (SSSR count). The van der Waals surface area contributed by atoms with Crippen LogP contribution in [0.25, 0.3) is 11.2 Å². The SMILES string of the molecule is CC(C)C(=O)OCCO[C@H](CO)n1cnc2c(N)nc(N)nc21. The fourth-order valence-corrected chi connectivity index (χ4v) is 1.88. The lowest BCUT2D eigenvalue weighted by Gasteiger charge is -2.17. The van der Waals surface area contributed by atoms with Crippen molar-refractivity contribution in [1.29, 1.82) is 0 Å². The van der Waals surface area contributed by atoms with E-state index in [0.717, 1.165) is 0 Å². The Balaban J connectivity index is 2.05. The van der Waals surface area contributed by atoms with Crippen molar-refractivity contribution in [3.63, 3.8) is 0 Å². The predicted molar refractivity (Wildman–Crippen MR) is 82.0 cm³/mol. The fraction of sp³-hybridized carbons (Fsp3) is 0.538. The van der Waals surface area contributed by atoms with Crippen LogP contribution in [0.2, 0.25) is 0 Å². The number of ether oxygens (including phenoxy) is 2. The van der Waals surface area contributed by atoms with E-state index in [2.05, 4.69) is 15.0 Å². The molecule has 0 radical (unpaired) electrons. The molecule has 10 nitrogen and oxygen atoms in total. The third-order valence-corrected chi connectivity index (χ3v) is 3.04. The van der Waals surface area contributed by atoms with Gasteiger partial charge in [-0.05, 0) is 0 Å². The van der Waals surface area contributed by atoms with Crippen LogP contribution in [0.5, 0.6) is 0 Å². The van der Waals surface area contributed by atoms with Gasteiger partial charge < -0.3 is 26.0 Å². The van der Waals surface area contributed by atoms with Crippen molar-refractivity contribution in [3.05, 3.63) is 6.33 Å². The van der Waals surface area contributed by atoms with Gasteiger partial charge in [0.2, 0.25) is 5.95 Å². The number of hydrogen-bond acceptors (Lipinski definition) is 9. The van der Waals surface area contributed by atoms with E-state index in [4.69, 9.17) is 20.9 Å². The van der Waals surface area contributed by atoms with Gasteiger partial charge in [0.05, 0.1) is 25.5 Å². The van der Waals surface area contributed by atoms with Gasteiger partial charge in [-0.1, -0.05) is 13.8 Å². The molecule has 2 heterocycles. The molecule has 2 aromatic heterocycles. The van der Waals surface area contributed by atoms with E-state index in [1.54, 1.807) is 13.8 Å². The summed E-state index contributed by atoms with van der Waals surface area (Å²) in [4.78, 5) is 23.3. The first-order valence-corrected chi connectivity index (χ1v) is 7.08. The number of imidazole rings is 1. The van der Waals surface area contributed by atoms with Gasteiger partial charge in [-0.25, -0.2) is 4.98 Å². The Bertz CT molecular complexity index is 686. The maximum atomic E-state index is 11.3. The second kappa shape index (κ2) is 7.20. The van der Waals surface area contributed by atoms with E-state index in [-0.39, 0.29) is 43.5 Å². The van der Waals surface area contributed by atoms with Gasteiger partial charge in [0, 0.05) is 0 Å². The van der Waals surface area contributed by atoms with E-state index >= 15 is 0 Å². The fourth-order valence-electron chi connectivity index (χ4n) is 1.88. The molecule has 10 heteroatoms. The van der Waals surface area contributed by atoms with Crippen molar-refractivity contribution in [2.24, 2.45) is 5.92 Å². The van der Waals surface area contributed by atoms with Crippen LogP contribution in [0.4, 0.5) is 11.8 Å². The Morgan fingerprint density at radius 2 is 2.09 bits per heavy atom. The van der Waals surface area contributed by atoms with Crippen LogP contribution in [-0.2, 0) is 14.3 Å². The molecule has 0 saturated carbocycles. The number of rotatable bonds is 7. The van der Waals surface area contributed by atoms with Gasteiger partial charge in [0.15, 0.2) is 17.7 Å². The van der Waals surface area contributed by atoms with E-state index in [9.17, 15) is 9.90 Å². The van der Waals surface area contributed by atoms with E-state index in [1.807, 2.05) is 0 Å². The Labute approximate surface area is 132 Å². The quantitative estimate of drug-likeness (QED) is 0.460. The molecular weight excluding hydrogens is 304 g/mol. The van der Waals surface area contributed by atoms with Crippen LogP contribution in [0.3, 0.4) is 0 Å². The molecule has 0 spiro atoms. The summed E-state index contributed by atoms with van der Waals surface area (Å²) < 4.78 is 12.0. The number of nitrogen functional groups attached to an aromatic ring is 2. The summed E-state index contributed by atoms with van der Waals surface area (Å²) in [5, 5.41) is 9.51. The highest BCUT2D eigenvalue weighted by molar-refractivity contribution is 5.82. The van der Waals surface area contributed by atoms with Crippen LogP contribution in [0, 0.1) is 5.92 Å². The number of aromatic nitrogens is 4. The van der Waals surface area contributed by atoms with Gasteiger partial charge in [-0.15, -0.1) is 0 Å². The first kappa shape index (κ1) is 16.9. The van der Waals surface area contributed by atoms with Crippen LogP contribution >= 0.6 is 0 Å². The number of esters is 1. The van der Waals surface area contributed by atoms with Crippen molar-refractivity contribution in [1.82, 2.24) is 19.5 Å². The number of fused-ring (bicyclic) bond motifs is 1. The molecular formula is C13H20N6O4. The zero-order valence-corrected chi connectivity index (χ0v) is 13.0. The highest BCUT2D eigenvalue weighted by Crippen LogP contribution is 2.21. The molecule has 0 unspecified atom stereocenters. The molecule has 0 fully saturated rings. The number of carbonyl (C=O) groups is 1. The van der Waals surface area contributed by atoms with Crippen LogP contribution in [0.15, 0.2) is 6.33 Å². The van der Waals surface area contributed by atoms with Crippen LogP contribution < -0.4 is 11.5 Å². The lowest BCUT2D eigenvalue weighted by atomic mass is 10.2. The highest BCUT2D eigenvalue weighted by atomic mass is 16.6. The minimum Gasteiger partial charge on any atom is -0.463 e. The van der Waals surface area contributed by atoms with E-state index < -0.39 is 6.23 Å². The molecule has 0 aliphatic rings.